The van der Waals surface area contributed by atoms with Gasteiger partial charge in [-0.15, -0.1) is 0 Å². The van der Waals surface area contributed by atoms with E-state index >= 15 is 0 Å². The van der Waals surface area contributed by atoms with E-state index in [1.807, 2.05) is 0 Å². The van der Waals surface area contributed by atoms with Crippen molar-refractivity contribution >= 4 is 0 Å². The molecule has 4 heteroatoms. The summed E-state index contributed by atoms with van der Waals surface area (Å²) in [5.41, 5.74) is -1.38. The lowest BCUT2D eigenvalue weighted by atomic mass is 9.39. The van der Waals surface area contributed by atoms with Crippen LogP contribution in [0.25, 0.3) is 0 Å². The maximum atomic E-state index is 11.4. The summed E-state index contributed by atoms with van der Waals surface area (Å²) < 4.78 is 0. The lowest BCUT2D eigenvalue weighted by molar-refractivity contribution is -0.235. The Balaban J connectivity index is 1.72. The van der Waals surface area contributed by atoms with Gasteiger partial charge in [0.2, 0.25) is 0 Å². The van der Waals surface area contributed by atoms with E-state index in [9.17, 15) is 20.4 Å². The van der Waals surface area contributed by atoms with Crippen LogP contribution < -0.4 is 0 Å². The quantitative estimate of drug-likeness (QED) is 0.575. The summed E-state index contributed by atoms with van der Waals surface area (Å²) >= 11 is 0. The summed E-state index contributed by atoms with van der Waals surface area (Å²) in [5.74, 6) is 1.01. The molecule has 4 aliphatic rings. The standard InChI is InChI=1S/C22H38O4/c1-13(23)22(26)10-7-16-15-6-8-19(2)11-14(24)5-9-20(19,3)18(15)17(25)12-21(16,22)4/h13-18,23-26H,5-12H2,1-4H3/t13-,14+,15-,16-,17+,18+,19-,20+,21-,22-/m0/s1. The maximum absolute atomic E-state index is 11.4. The molecule has 0 spiro atoms. The third-order valence-electron chi connectivity index (χ3n) is 10.2. The fraction of sp³-hybridized carbons (Fsp3) is 1.00. The second-order valence-electron chi connectivity index (χ2n) is 11.0. The average molecular weight is 367 g/mol. The number of hydrogen-bond acceptors (Lipinski definition) is 4. The summed E-state index contributed by atoms with van der Waals surface area (Å²) in [4.78, 5) is 0. The Morgan fingerprint density at radius 3 is 2.23 bits per heavy atom. The molecule has 0 aromatic heterocycles. The number of fused-ring (bicyclic) bond motifs is 5. The van der Waals surface area contributed by atoms with E-state index < -0.39 is 23.2 Å². The highest BCUT2D eigenvalue weighted by atomic mass is 16.3. The fourth-order valence-electron chi connectivity index (χ4n) is 8.44. The molecule has 4 N–H and O–H groups in total. The Morgan fingerprint density at radius 2 is 1.58 bits per heavy atom. The monoisotopic (exact) mass is 366 g/mol. The zero-order chi connectivity index (χ0) is 19.1. The average Bonchev–Trinajstić information content (AvgIpc) is 2.81. The zero-order valence-electron chi connectivity index (χ0n) is 16.9. The van der Waals surface area contributed by atoms with E-state index in [1.165, 1.54) is 0 Å². The van der Waals surface area contributed by atoms with Crippen molar-refractivity contribution in [3.05, 3.63) is 0 Å². The van der Waals surface area contributed by atoms with Gasteiger partial charge in [-0.2, -0.15) is 0 Å². The van der Waals surface area contributed by atoms with Crippen LogP contribution in [0.1, 0.15) is 79.1 Å². The maximum Gasteiger partial charge on any atom is 0.0959 e. The summed E-state index contributed by atoms with van der Waals surface area (Å²) in [6.07, 6.45) is 5.56. The van der Waals surface area contributed by atoms with Gasteiger partial charge in [0.1, 0.15) is 0 Å². The van der Waals surface area contributed by atoms with Crippen LogP contribution in [0.15, 0.2) is 0 Å². The Bertz CT molecular complexity index is 578. The van der Waals surface area contributed by atoms with Crippen LogP contribution >= 0.6 is 0 Å². The van der Waals surface area contributed by atoms with Gasteiger partial charge in [-0.05, 0) is 86.9 Å². The predicted molar refractivity (Wildman–Crippen MR) is 100 cm³/mol. The van der Waals surface area contributed by atoms with Crippen molar-refractivity contribution in [2.45, 2.75) is 103 Å². The molecule has 0 aromatic rings. The second kappa shape index (κ2) is 5.68. The van der Waals surface area contributed by atoms with Crippen LogP contribution in [0.4, 0.5) is 0 Å². The van der Waals surface area contributed by atoms with Gasteiger partial charge in [0.05, 0.1) is 23.9 Å². The van der Waals surface area contributed by atoms with Gasteiger partial charge < -0.3 is 20.4 Å². The summed E-state index contributed by atoms with van der Waals surface area (Å²) in [6, 6.07) is 0. The minimum Gasteiger partial charge on any atom is -0.393 e. The van der Waals surface area contributed by atoms with E-state index in [0.717, 1.165) is 38.5 Å². The lowest BCUT2D eigenvalue weighted by Gasteiger charge is -2.66. The van der Waals surface area contributed by atoms with Crippen LogP contribution in [-0.2, 0) is 0 Å². The molecule has 4 fully saturated rings. The van der Waals surface area contributed by atoms with E-state index in [0.29, 0.717) is 24.7 Å². The first kappa shape index (κ1) is 19.2. The Labute approximate surface area is 158 Å². The molecule has 10 atom stereocenters. The molecule has 26 heavy (non-hydrogen) atoms. The van der Waals surface area contributed by atoms with E-state index in [1.54, 1.807) is 6.92 Å². The molecule has 0 radical (unpaired) electrons. The minimum atomic E-state index is -1.09. The van der Waals surface area contributed by atoms with Crippen molar-refractivity contribution < 1.29 is 20.4 Å². The lowest BCUT2D eigenvalue weighted by Crippen LogP contribution is -2.65. The van der Waals surface area contributed by atoms with Crippen molar-refractivity contribution in [2.75, 3.05) is 0 Å². The van der Waals surface area contributed by atoms with Gasteiger partial charge in [-0.3, -0.25) is 0 Å². The Kier molecular flexibility index (Phi) is 4.19. The molecule has 4 rings (SSSR count). The van der Waals surface area contributed by atoms with Gasteiger partial charge in [0, 0.05) is 5.41 Å². The first-order chi connectivity index (χ1) is 12.0. The van der Waals surface area contributed by atoms with E-state index in [2.05, 4.69) is 20.8 Å². The molecule has 0 aromatic carbocycles. The minimum absolute atomic E-state index is 0.0431. The van der Waals surface area contributed by atoms with E-state index in [-0.39, 0.29) is 22.9 Å². The molecule has 0 unspecified atom stereocenters. The smallest absolute Gasteiger partial charge is 0.0959 e. The molecular formula is C22H38O4. The third-order valence-corrected chi connectivity index (χ3v) is 10.2. The molecule has 150 valence electrons. The molecule has 0 amide bonds. The normalized spacial score (nSPS) is 60.7. The Hall–Kier alpha value is -0.160. The SMILES string of the molecule is C[C@H](O)[C@@]1(O)CC[C@H]2[C@@H]3CC[C@@]4(C)C[C@H](O)CC[C@]4(C)[C@H]3[C@H](O)C[C@@]21C. The van der Waals surface area contributed by atoms with Crippen molar-refractivity contribution in [1.82, 2.24) is 0 Å². The van der Waals surface area contributed by atoms with Gasteiger partial charge in [-0.1, -0.05) is 20.8 Å². The fourth-order valence-corrected chi connectivity index (χ4v) is 8.44. The first-order valence-corrected chi connectivity index (χ1v) is 10.8. The number of hydrogen-bond donors (Lipinski definition) is 4. The zero-order valence-corrected chi connectivity index (χ0v) is 16.9. The van der Waals surface area contributed by atoms with Crippen molar-refractivity contribution in [2.24, 2.45) is 34.0 Å². The summed E-state index contributed by atoms with van der Waals surface area (Å²) in [7, 11) is 0. The highest BCUT2D eigenvalue weighted by Gasteiger charge is 2.69. The van der Waals surface area contributed by atoms with Crippen LogP contribution in [0, 0.1) is 34.0 Å². The molecule has 0 bridgehead atoms. The first-order valence-electron chi connectivity index (χ1n) is 10.8. The molecule has 4 aliphatic carbocycles. The van der Waals surface area contributed by atoms with Gasteiger partial charge in [0.15, 0.2) is 0 Å². The topological polar surface area (TPSA) is 80.9 Å². The van der Waals surface area contributed by atoms with Crippen LogP contribution in [-0.4, -0.2) is 44.3 Å². The molecule has 0 saturated heterocycles. The summed E-state index contributed by atoms with van der Waals surface area (Å²) in [5, 5.41) is 43.3. The second-order valence-corrected chi connectivity index (χ2v) is 11.0. The molecule has 4 nitrogen and oxygen atoms in total. The van der Waals surface area contributed by atoms with Gasteiger partial charge in [0.25, 0.3) is 0 Å². The van der Waals surface area contributed by atoms with Crippen LogP contribution in [0.2, 0.25) is 0 Å². The van der Waals surface area contributed by atoms with Crippen molar-refractivity contribution in [3.63, 3.8) is 0 Å². The third kappa shape index (κ3) is 2.16. The van der Waals surface area contributed by atoms with Crippen molar-refractivity contribution in [1.29, 1.82) is 0 Å². The molecule has 0 heterocycles. The van der Waals surface area contributed by atoms with Crippen molar-refractivity contribution in [3.8, 4) is 0 Å². The molecule has 4 saturated carbocycles. The highest BCUT2D eigenvalue weighted by Crippen LogP contribution is 2.71. The van der Waals surface area contributed by atoms with Crippen LogP contribution in [0.3, 0.4) is 0 Å². The molecule has 0 aliphatic heterocycles. The molecular weight excluding hydrogens is 328 g/mol. The number of aliphatic hydroxyl groups excluding tert-OH is 3. The van der Waals surface area contributed by atoms with E-state index in [4.69, 9.17) is 0 Å². The summed E-state index contributed by atoms with van der Waals surface area (Å²) in [6.45, 7) is 8.50. The van der Waals surface area contributed by atoms with Crippen LogP contribution in [0.5, 0.6) is 0 Å². The largest absolute Gasteiger partial charge is 0.393 e. The Morgan fingerprint density at radius 1 is 0.885 bits per heavy atom. The van der Waals surface area contributed by atoms with Gasteiger partial charge in [-0.25, -0.2) is 0 Å². The van der Waals surface area contributed by atoms with Gasteiger partial charge >= 0.3 is 0 Å². The number of aliphatic hydroxyl groups is 4. The predicted octanol–water partition coefficient (Wildman–Crippen LogP) is 2.86. The highest BCUT2D eigenvalue weighted by molar-refractivity contribution is 5.18. The number of rotatable bonds is 1.